The first-order chi connectivity index (χ1) is 6.80. The number of hydrogen-bond donors (Lipinski definition) is 2. The Bertz CT molecular complexity index is 331. The highest BCUT2D eigenvalue weighted by Crippen LogP contribution is 2.39. The van der Waals surface area contributed by atoms with Crippen molar-refractivity contribution in [1.82, 2.24) is 4.90 Å². The van der Waals surface area contributed by atoms with Crippen molar-refractivity contribution in [2.75, 3.05) is 5.75 Å². The van der Waals surface area contributed by atoms with E-state index in [4.69, 9.17) is 10.2 Å². The minimum atomic E-state index is -1.48. The number of carbonyl (C=O) groups is 3. The van der Waals surface area contributed by atoms with Crippen LogP contribution in [0.3, 0.4) is 0 Å². The fraction of sp³-hybridized carbons (Fsp3) is 0.625. The Kier molecular flexibility index (Phi) is 2.94. The van der Waals surface area contributed by atoms with Crippen LogP contribution in [0.1, 0.15) is 13.8 Å². The topological polar surface area (TPSA) is 94.9 Å². The predicted molar refractivity (Wildman–Crippen MR) is 52.4 cm³/mol. The van der Waals surface area contributed by atoms with Gasteiger partial charge in [0.05, 0.1) is 0 Å². The largest absolute Gasteiger partial charge is 0.480 e. The molecule has 0 aliphatic carbocycles. The van der Waals surface area contributed by atoms with Gasteiger partial charge in [0.2, 0.25) is 5.91 Å². The molecule has 0 radical (unpaired) electrons. The van der Waals surface area contributed by atoms with Crippen molar-refractivity contribution >= 4 is 29.6 Å². The van der Waals surface area contributed by atoms with Gasteiger partial charge in [-0.1, -0.05) is 0 Å². The molecule has 0 saturated carbocycles. The lowest BCUT2D eigenvalue weighted by molar-refractivity contribution is -0.157. The molecule has 15 heavy (non-hydrogen) atoms. The van der Waals surface area contributed by atoms with Crippen molar-refractivity contribution in [2.45, 2.75) is 24.8 Å². The zero-order chi connectivity index (χ0) is 11.8. The van der Waals surface area contributed by atoms with Gasteiger partial charge < -0.3 is 15.1 Å². The summed E-state index contributed by atoms with van der Waals surface area (Å²) in [5.74, 6) is -2.83. The molecule has 0 aromatic rings. The molecule has 6 nitrogen and oxygen atoms in total. The highest BCUT2D eigenvalue weighted by Gasteiger charge is 2.53. The number of carboxylic acid groups (broad SMARTS) is 2. The zero-order valence-electron chi connectivity index (χ0n) is 8.26. The number of carboxylic acids is 2. The zero-order valence-corrected chi connectivity index (χ0v) is 9.08. The average molecular weight is 233 g/mol. The molecule has 1 amide bonds. The average Bonchev–Trinajstić information content (AvgIpc) is 2.44. The van der Waals surface area contributed by atoms with E-state index in [1.807, 2.05) is 0 Å². The number of aliphatic carboxylic acids is 2. The van der Waals surface area contributed by atoms with Gasteiger partial charge in [-0.25, -0.2) is 9.59 Å². The Labute approximate surface area is 90.2 Å². The summed E-state index contributed by atoms with van der Waals surface area (Å²) in [5, 5.41) is 17.8. The van der Waals surface area contributed by atoms with Crippen LogP contribution in [0, 0.1) is 0 Å². The van der Waals surface area contributed by atoms with E-state index in [-0.39, 0.29) is 5.75 Å². The Morgan fingerprint density at radius 3 is 2.27 bits per heavy atom. The minimum Gasteiger partial charge on any atom is -0.480 e. The van der Waals surface area contributed by atoms with Crippen LogP contribution in [-0.4, -0.2) is 49.6 Å². The Hall–Kier alpha value is -1.24. The number of nitrogens with zero attached hydrogens (tertiary/aromatic N) is 1. The molecule has 0 aromatic heterocycles. The molecule has 1 saturated heterocycles. The normalized spacial score (nSPS) is 30.3. The minimum absolute atomic E-state index is 0.0950. The van der Waals surface area contributed by atoms with Gasteiger partial charge >= 0.3 is 11.9 Å². The molecule has 0 spiro atoms. The number of amides is 1. The molecule has 1 rings (SSSR count). The van der Waals surface area contributed by atoms with Crippen LogP contribution < -0.4 is 0 Å². The van der Waals surface area contributed by atoms with E-state index in [9.17, 15) is 14.4 Å². The second kappa shape index (κ2) is 3.73. The van der Waals surface area contributed by atoms with Crippen LogP contribution in [0.2, 0.25) is 0 Å². The number of hydrogen-bond acceptors (Lipinski definition) is 4. The van der Waals surface area contributed by atoms with Gasteiger partial charge in [-0.15, -0.1) is 11.8 Å². The summed E-state index contributed by atoms with van der Waals surface area (Å²) in [4.78, 5) is 32.5. The van der Waals surface area contributed by atoms with Gasteiger partial charge in [-0.2, -0.15) is 0 Å². The van der Waals surface area contributed by atoms with Crippen molar-refractivity contribution in [3.63, 3.8) is 0 Å². The number of carbonyl (C=O) groups excluding carboxylic acids is 1. The van der Waals surface area contributed by atoms with Gasteiger partial charge in [0, 0.05) is 12.7 Å². The van der Waals surface area contributed by atoms with Crippen molar-refractivity contribution in [2.24, 2.45) is 0 Å². The molecule has 2 N–H and O–H groups in total. The van der Waals surface area contributed by atoms with Crippen LogP contribution in [0.4, 0.5) is 0 Å². The van der Waals surface area contributed by atoms with E-state index >= 15 is 0 Å². The summed E-state index contributed by atoms with van der Waals surface area (Å²) in [6.07, 6.45) is 0. The van der Waals surface area contributed by atoms with Crippen molar-refractivity contribution in [3.8, 4) is 0 Å². The lowest BCUT2D eigenvalue weighted by atomic mass is 10.2. The SMILES string of the molecule is CC(=O)N1[C@H](C(=O)O)CS[C@@]1(C)C(=O)O. The first-order valence-corrected chi connectivity index (χ1v) is 5.19. The predicted octanol–water partition coefficient (Wildman–Crippen LogP) is -0.164. The molecule has 1 aliphatic heterocycles. The molecule has 0 unspecified atom stereocenters. The smallest absolute Gasteiger partial charge is 0.340 e. The molecule has 0 aromatic carbocycles. The van der Waals surface area contributed by atoms with E-state index in [1.54, 1.807) is 0 Å². The van der Waals surface area contributed by atoms with Gasteiger partial charge in [0.15, 0.2) is 4.87 Å². The molecule has 84 valence electrons. The summed E-state index contributed by atoms with van der Waals surface area (Å²) in [5.41, 5.74) is 0. The first-order valence-electron chi connectivity index (χ1n) is 4.20. The molecule has 1 heterocycles. The van der Waals surface area contributed by atoms with E-state index in [1.165, 1.54) is 13.8 Å². The van der Waals surface area contributed by atoms with Gasteiger partial charge in [0.25, 0.3) is 0 Å². The third-order valence-corrected chi connectivity index (χ3v) is 3.73. The van der Waals surface area contributed by atoms with E-state index in [0.717, 1.165) is 16.7 Å². The number of thioether (sulfide) groups is 1. The van der Waals surface area contributed by atoms with Crippen LogP contribution in [0.25, 0.3) is 0 Å². The molecule has 0 bridgehead atoms. The van der Waals surface area contributed by atoms with Gasteiger partial charge in [-0.05, 0) is 6.92 Å². The van der Waals surface area contributed by atoms with E-state index in [2.05, 4.69) is 0 Å². The third kappa shape index (κ3) is 1.79. The van der Waals surface area contributed by atoms with Gasteiger partial charge in [0.1, 0.15) is 6.04 Å². The Balaban J connectivity index is 3.10. The molecular formula is C8H11NO5S. The van der Waals surface area contributed by atoms with E-state index in [0.29, 0.717) is 0 Å². The van der Waals surface area contributed by atoms with Crippen LogP contribution >= 0.6 is 11.8 Å². The second-order valence-corrected chi connectivity index (χ2v) is 4.76. The second-order valence-electron chi connectivity index (χ2n) is 3.34. The fourth-order valence-corrected chi connectivity index (χ4v) is 2.84. The molecular weight excluding hydrogens is 222 g/mol. The lowest BCUT2D eigenvalue weighted by Crippen LogP contribution is -2.54. The summed E-state index contributed by atoms with van der Waals surface area (Å²) < 4.78 is 0. The number of rotatable bonds is 2. The molecule has 1 aliphatic rings. The summed E-state index contributed by atoms with van der Waals surface area (Å²) in [7, 11) is 0. The summed E-state index contributed by atoms with van der Waals surface area (Å²) in [6, 6.07) is -1.06. The van der Waals surface area contributed by atoms with Gasteiger partial charge in [-0.3, -0.25) is 4.79 Å². The maximum Gasteiger partial charge on any atom is 0.340 e. The van der Waals surface area contributed by atoms with Crippen LogP contribution in [0.15, 0.2) is 0 Å². The summed E-state index contributed by atoms with van der Waals surface area (Å²) in [6.45, 7) is 2.51. The maximum atomic E-state index is 11.3. The lowest BCUT2D eigenvalue weighted by Gasteiger charge is -2.31. The fourth-order valence-electron chi connectivity index (χ4n) is 1.55. The van der Waals surface area contributed by atoms with Crippen LogP contribution in [0.5, 0.6) is 0 Å². The summed E-state index contributed by atoms with van der Waals surface area (Å²) >= 11 is 0.950. The monoisotopic (exact) mass is 233 g/mol. The van der Waals surface area contributed by atoms with Crippen molar-refractivity contribution < 1.29 is 24.6 Å². The first kappa shape index (κ1) is 11.8. The standard InChI is InChI=1S/C8H11NO5S/c1-4(10)9-5(6(11)12)3-15-8(9,2)7(13)14/h5H,3H2,1-2H3,(H,11,12)(H,13,14)/t5-,8-/m0/s1. The molecule has 7 heteroatoms. The maximum absolute atomic E-state index is 11.3. The van der Waals surface area contributed by atoms with E-state index < -0.39 is 28.8 Å². The quantitative estimate of drug-likeness (QED) is 0.688. The van der Waals surface area contributed by atoms with Crippen LogP contribution in [-0.2, 0) is 14.4 Å². The van der Waals surface area contributed by atoms with Crippen molar-refractivity contribution in [1.29, 1.82) is 0 Å². The Morgan fingerprint density at radius 1 is 1.40 bits per heavy atom. The molecule has 1 fully saturated rings. The highest BCUT2D eigenvalue weighted by molar-refractivity contribution is 8.01. The highest BCUT2D eigenvalue weighted by atomic mass is 32.2. The van der Waals surface area contributed by atoms with Crippen molar-refractivity contribution in [3.05, 3.63) is 0 Å². The molecule has 2 atom stereocenters. The third-order valence-electron chi connectivity index (χ3n) is 2.31. The Morgan fingerprint density at radius 2 is 1.93 bits per heavy atom.